The minimum absolute atomic E-state index is 0.0719. The number of hydrogen-bond donors (Lipinski definition) is 1. The lowest BCUT2D eigenvalue weighted by Gasteiger charge is -2.13. The molecular weight excluding hydrogens is 412 g/mol. The van der Waals surface area contributed by atoms with Crippen molar-refractivity contribution in [3.63, 3.8) is 0 Å². The molecule has 10 heteroatoms. The maximum atomic E-state index is 14.0. The first-order chi connectivity index (χ1) is 12.4. The maximum absolute atomic E-state index is 14.0. The van der Waals surface area contributed by atoms with Gasteiger partial charge in [0, 0.05) is 0 Å². The van der Waals surface area contributed by atoms with Crippen LogP contribution in [0.2, 0.25) is 5.02 Å². The van der Waals surface area contributed by atoms with Gasteiger partial charge in [-0.25, -0.2) is 4.39 Å². The standard InChI is InChI=1S/C17H9ClF4O4S/c18-14-7-11(17(20,21)22)8-15(19)16(14)26-12-3-1-10-6-13(27(23,24)25)4-2-9(10)5-12/h1-8H,(H,23,24,25). The Morgan fingerprint density at radius 3 is 2.19 bits per heavy atom. The van der Waals surface area contributed by atoms with Gasteiger partial charge in [0.25, 0.3) is 10.1 Å². The monoisotopic (exact) mass is 420 g/mol. The summed E-state index contributed by atoms with van der Waals surface area (Å²) in [5, 5.41) is 0.379. The lowest BCUT2D eigenvalue weighted by molar-refractivity contribution is -0.137. The van der Waals surface area contributed by atoms with Gasteiger partial charge in [0.2, 0.25) is 0 Å². The molecule has 0 saturated heterocycles. The molecule has 0 bridgehead atoms. The van der Waals surface area contributed by atoms with Crippen molar-refractivity contribution in [2.45, 2.75) is 11.1 Å². The smallest absolute Gasteiger partial charge is 0.416 e. The zero-order valence-corrected chi connectivity index (χ0v) is 14.7. The summed E-state index contributed by atoms with van der Waals surface area (Å²) in [5.74, 6) is -1.78. The number of hydrogen-bond acceptors (Lipinski definition) is 3. The second-order valence-electron chi connectivity index (χ2n) is 5.51. The topological polar surface area (TPSA) is 63.6 Å². The van der Waals surface area contributed by atoms with Gasteiger partial charge < -0.3 is 4.74 Å². The molecule has 1 N–H and O–H groups in total. The number of rotatable bonds is 3. The van der Waals surface area contributed by atoms with E-state index in [0.717, 1.165) is 6.07 Å². The lowest BCUT2D eigenvalue weighted by atomic mass is 10.1. The predicted octanol–water partition coefficient (Wildman–Crippen LogP) is 5.69. The van der Waals surface area contributed by atoms with Gasteiger partial charge in [-0.15, -0.1) is 0 Å². The highest BCUT2D eigenvalue weighted by atomic mass is 35.5. The summed E-state index contributed by atoms with van der Waals surface area (Å²) in [4.78, 5) is -0.305. The van der Waals surface area contributed by atoms with E-state index in [9.17, 15) is 26.0 Å². The van der Waals surface area contributed by atoms with Crippen molar-refractivity contribution in [3.8, 4) is 11.5 Å². The van der Waals surface area contributed by atoms with Crippen LogP contribution in [0.1, 0.15) is 5.56 Å². The minimum atomic E-state index is -4.75. The summed E-state index contributed by atoms with van der Waals surface area (Å²) < 4.78 is 88.7. The Balaban J connectivity index is 1.98. The molecule has 0 spiro atoms. The maximum Gasteiger partial charge on any atom is 0.416 e. The predicted molar refractivity (Wildman–Crippen MR) is 90.2 cm³/mol. The molecule has 142 valence electrons. The van der Waals surface area contributed by atoms with E-state index in [1.807, 2.05) is 0 Å². The van der Waals surface area contributed by atoms with Crippen LogP contribution in [0.3, 0.4) is 0 Å². The van der Waals surface area contributed by atoms with Crippen molar-refractivity contribution in [2.75, 3.05) is 0 Å². The van der Waals surface area contributed by atoms with Gasteiger partial charge in [0.05, 0.1) is 15.5 Å². The normalized spacial score (nSPS) is 12.4. The van der Waals surface area contributed by atoms with Crippen LogP contribution < -0.4 is 4.74 Å². The fourth-order valence-electron chi connectivity index (χ4n) is 2.36. The van der Waals surface area contributed by atoms with Crippen molar-refractivity contribution in [1.29, 1.82) is 0 Å². The van der Waals surface area contributed by atoms with Gasteiger partial charge in [-0.2, -0.15) is 21.6 Å². The fourth-order valence-corrected chi connectivity index (χ4v) is 3.13. The van der Waals surface area contributed by atoms with Crippen LogP contribution in [-0.4, -0.2) is 13.0 Å². The fraction of sp³-hybridized carbons (Fsp3) is 0.0588. The second kappa shape index (κ2) is 6.66. The van der Waals surface area contributed by atoms with E-state index in [2.05, 4.69) is 0 Å². The molecule has 0 radical (unpaired) electrons. The molecule has 0 heterocycles. The minimum Gasteiger partial charge on any atom is -0.453 e. The molecular formula is C17H9ClF4O4S. The summed E-state index contributed by atoms with van der Waals surface area (Å²) in [6.45, 7) is 0. The van der Waals surface area contributed by atoms with Crippen molar-refractivity contribution in [3.05, 3.63) is 64.9 Å². The van der Waals surface area contributed by atoms with Crippen LogP contribution in [0.5, 0.6) is 11.5 Å². The van der Waals surface area contributed by atoms with Gasteiger partial charge in [-0.05, 0) is 47.2 Å². The summed E-state index contributed by atoms with van der Waals surface area (Å²) in [6, 6.07) is 8.80. The number of alkyl halides is 3. The van der Waals surface area contributed by atoms with Crippen LogP contribution in [0.15, 0.2) is 53.4 Å². The van der Waals surface area contributed by atoms with Gasteiger partial charge >= 0.3 is 6.18 Å². The Bertz CT molecular complexity index is 1120. The molecule has 0 aliphatic heterocycles. The van der Waals surface area contributed by atoms with Gasteiger partial charge in [0.1, 0.15) is 5.75 Å². The summed E-state index contributed by atoms with van der Waals surface area (Å²) in [5.41, 5.74) is -1.24. The first-order valence-electron chi connectivity index (χ1n) is 7.20. The second-order valence-corrected chi connectivity index (χ2v) is 7.34. The summed E-state index contributed by atoms with van der Waals surface area (Å²) in [7, 11) is -4.37. The first-order valence-corrected chi connectivity index (χ1v) is 9.02. The van der Waals surface area contributed by atoms with E-state index >= 15 is 0 Å². The highest BCUT2D eigenvalue weighted by Gasteiger charge is 2.32. The van der Waals surface area contributed by atoms with Gasteiger partial charge in [-0.1, -0.05) is 23.7 Å². The van der Waals surface area contributed by atoms with Crippen molar-refractivity contribution in [2.24, 2.45) is 0 Å². The molecule has 3 aromatic rings. The van der Waals surface area contributed by atoms with Crippen LogP contribution >= 0.6 is 11.6 Å². The Labute approximate surface area is 155 Å². The summed E-state index contributed by atoms with van der Waals surface area (Å²) in [6.07, 6.45) is -4.75. The highest BCUT2D eigenvalue weighted by molar-refractivity contribution is 7.85. The largest absolute Gasteiger partial charge is 0.453 e. The third-order valence-corrected chi connectivity index (χ3v) is 4.76. The first kappa shape index (κ1) is 19.4. The Morgan fingerprint density at radius 2 is 1.59 bits per heavy atom. The Morgan fingerprint density at radius 1 is 0.963 bits per heavy atom. The lowest BCUT2D eigenvalue weighted by Crippen LogP contribution is -2.06. The molecule has 0 saturated carbocycles. The quantitative estimate of drug-likeness (QED) is 0.436. The molecule has 0 aliphatic rings. The SMILES string of the molecule is O=S(=O)(O)c1ccc2cc(Oc3c(F)cc(C(F)(F)F)cc3Cl)ccc2c1. The van der Waals surface area contributed by atoms with E-state index in [-0.39, 0.29) is 16.7 Å². The van der Waals surface area contributed by atoms with Gasteiger partial charge in [0.15, 0.2) is 11.6 Å². The Kier molecular flexibility index (Phi) is 4.79. The number of benzene rings is 3. The molecule has 4 nitrogen and oxygen atoms in total. The third kappa shape index (κ3) is 4.15. The van der Waals surface area contributed by atoms with E-state index in [0.29, 0.717) is 16.8 Å². The number of ether oxygens (including phenoxy) is 1. The average molecular weight is 421 g/mol. The summed E-state index contributed by atoms with van der Waals surface area (Å²) >= 11 is 5.72. The molecule has 3 rings (SSSR count). The van der Waals surface area contributed by atoms with E-state index in [4.69, 9.17) is 20.9 Å². The molecule has 27 heavy (non-hydrogen) atoms. The van der Waals surface area contributed by atoms with Crippen LogP contribution in [0.25, 0.3) is 10.8 Å². The van der Waals surface area contributed by atoms with Crippen molar-refractivity contribution in [1.82, 2.24) is 0 Å². The average Bonchev–Trinajstić information content (AvgIpc) is 2.55. The van der Waals surface area contributed by atoms with Crippen LogP contribution in [0, 0.1) is 5.82 Å². The van der Waals surface area contributed by atoms with E-state index in [1.165, 1.54) is 30.3 Å². The highest BCUT2D eigenvalue weighted by Crippen LogP contribution is 2.39. The third-order valence-electron chi connectivity index (χ3n) is 3.63. The molecule has 0 amide bonds. The molecule has 0 atom stereocenters. The van der Waals surface area contributed by atoms with Crippen molar-refractivity contribution >= 4 is 32.5 Å². The zero-order valence-electron chi connectivity index (χ0n) is 13.1. The molecule has 3 aromatic carbocycles. The van der Waals surface area contributed by atoms with E-state index < -0.39 is 38.4 Å². The molecule has 0 aromatic heterocycles. The molecule has 0 unspecified atom stereocenters. The van der Waals surface area contributed by atoms with Crippen molar-refractivity contribution < 1.29 is 35.3 Å². The molecule has 0 fully saturated rings. The van der Waals surface area contributed by atoms with Crippen LogP contribution in [-0.2, 0) is 16.3 Å². The number of fused-ring (bicyclic) bond motifs is 1. The zero-order chi connectivity index (χ0) is 20.0. The Hall–Kier alpha value is -2.36. The molecule has 0 aliphatic carbocycles. The van der Waals surface area contributed by atoms with Gasteiger partial charge in [-0.3, -0.25) is 4.55 Å². The van der Waals surface area contributed by atoms with Crippen LogP contribution in [0.4, 0.5) is 17.6 Å². The van der Waals surface area contributed by atoms with E-state index in [1.54, 1.807) is 0 Å². The number of halogens is 5.